The van der Waals surface area contributed by atoms with Gasteiger partial charge in [-0.05, 0) is 18.2 Å². The Hall–Kier alpha value is -2.89. The third-order valence-electron chi connectivity index (χ3n) is 2.54. The van der Waals surface area contributed by atoms with E-state index in [1.54, 1.807) is 24.5 Å². The third kappa shape index (κ3) is 2.37. The number of para-hydroxylation sites is 1. The van der Waals surface area contributed by atoms with E-state index in [4.69, 9.17) is 4.84 Å². The molecule has 19 heavy (non-hydrogen) atoms. The van der Waals surface area contributed by atoms with Crippen LogP contribution >= 0.6 is 0 Å². The normalized spacial score (nSPS) is 10.3. The molecule has 0 fully saturated rings. The largest absolute Gasteiger partial charge is 0.378 e. The van der Waals surface area contributed by atoms with Crippen molar-refractivity contribution < 1.29 is 9.63 Å². The fourth-order valence-electron chi connectivity index (χ4n) is 1.63. The summed E-state index contributed by atoms with van der Waals surface area (Å²) in [5.74, 6) is -0.291. The lowest BCUT2D eigenvalue weighted by molar-refractivity contribution is 0.0587. The van der Waals surface area contributed by atoms with E-state index in [-0.39, 0.29) is 5.95 Å². The molecule has 0 aliphatic carbocycles. The molecule has 0 bridgehead atoms. The molecule has 2 aromatic heterocycles. The highest BCUT2D eigenvalue weighted by molar-refractivity contribution is 5.87. The number of carbonyl (C=O) groups is 1. The number of hydrogen-bond acceptors (Lipinski definition) is 5. The van der Waals surface area contributed by atoms with E-state index < -0.39 is 5.97 Å². The number of aromatic amines is 1. The number of nitrogens with one attached hydrogen (secondary N) is 2. The Morgan fingerprint density at radius 2 is 2.11 bits per heavy atom. The summed E-state index contributed by atoms with van der Waals surface area (Å²) in [6.07, 6.45) is 3.30. The SMILES string of the molecule is O=C(ONc1ncc2ccccc2n1)c1ccc[nH]1. The fourth-order valence-corrected chi connectivity index (χ4v) is 1.63. The van der Waals surface area contributed by atoms with E-state index in [2.05, 4.69) is 20.4 Å². The first-order valence-corrected chi connectivity index (χ1v) is 5.65. The Morgan fingerprint density at radius 3 is 2.95 bits per heavy atom. The summed E-state index contributed by atoms with van der Waals surface area (Å²) in [7, 11) is 0. The van der Waals surface area contributed by atoms with Crippen LogP contribution in [-0.2, 0) is 4.84 Å². The molecule has 3 aromatic rings. The van der Waals surface area contributed by atoms with Gasteiger partial charge in [0.1, 0.15) is 5.69 Å². The highest BCUT2D eigenvalue weighted by Gasteiger charge is 2.08. The van der Waals surface area contributed by atoms with E-state index in [1.807, 2.05) is 24.3 Å². The van der Waals surface area contributed by atoms with Crippen LogP contribution in [0.5, 0.6) is 0 Å². The van der Waals surface area contributed by atoms with Crippen molar-refractivity contribution in [2.24, 2.45) is 0 Å². The highest BCUT2D eigenvalue weighted by Crippen LogP contribution is 2.11. The van der Waals surface area contributed by atoms with Crippen LogP contribution in [0.15, 0.2) is 48.8 Å². The smallest absolute Gasteiger partial charge is 0.356 e. The zero-order valence-electron chi connectivity index (χ0n) is 9.83. The van der Waals surface area contributed by atoms with Gasteiger partial charge < -0.3 is 9.82 Å². The molecule has 0 atom stereocenters. The van der Waals surface area contributed by atoms with Crippen LogP contribution in [-0.4, -0.2) is 20.9 Å². The molecule has 94 valence electrons. The number of benzene rings is 1. The number of fused-ring (bicyclic) bond motifs is 1. The van der Waals surface area contributed by atoms with Crippen LogP contribution in [0.2, 0.25) is 0 Å². The lowest BCUT2D eigenvalue weighted by Crippen LogP contribution is -2.12. The maximum absolute atomic E-state index is 11.6. The quantitative estimate of drug-likeness (QED) is 0.700. The molecule has 0 aliphatic rings. The molecule has 0 saturated heterocycles. The minimum atomic E-state index is -0.526. The Balaban J connectivity index is 1.73. The van der Waals surface area contributed by atoms with Gasteiger partial charge >= 0.3 is 5.97 Å². The van der Waals surface area contributed by atoms with Gasteiger partial charge in [0.2, 0.25) is 0 Å². The van der Waals surface area contributed by atoms with Gasteiger partial charge in [0.15, 0.2) is 0 Å². The van der Waals surface area contributed by atoms with Crippen molar-refractivity contribution in [2.45, 2.75) is 0 Å². The van der Waals surface area contributed by atoms with Crippen molar-refractivity contribution in [3.8, 4) is 0 Å². The number of H-pyrrole nitrogens is 1. The number of rotatable bonds is 3. The van der Waals surface area contributed by atoms with Crippen molar-refractivity contribution in [2.75, 3.05) is 5.48 Å². The van der Waals surface area contributed by atoms with E-state index in [9.17, 15) is 4.79 Å². The predicted octanol–water partition coefficient (Wildman–Crippen LogP) is 2.14. The maximum Gasteiger partial charge on any atom is 0.378 e. The molecule has 0 aliphatic heterocycles. The van der Waals surface area contributed by atoms with Gasteiger partial charge in [-0.2, -0.15) is 5.48 Å². The summed E-state index contributed by atoms with van der Waals surface area (Å²) in [6, 6.07) is 10.9. The zero-order chi connectivity index (χ0) is 13.1. The molecule has 0 spiro atoms. The molecule has 2 N–H and O–H groups in total. The van der Waals surface area contributed by atoms with Gasteiger partial charge in [0.25, 0.3) is 5.95 Å². The molecule has 1 aromatic carbocycles. The molecule has 2 heterocycles. The third-order valence-corrected chi connectivity index (χ3v) is 2.54. The van der Waals surface area contributed by atoms with Crippen molar-refractivity contribution in [1.82, 2.24) is 15.0 Å². The first-order chi connectivity index (χ1) is 9.33. The average Bonchev–Trinajstić information content (AvgIpc) is 2.99. The van der Waals surface area contributed by atoms with E-state index >= 15 is 0 Å². The molecular formula is C13H10N4O2. The average molecular weight is 254 g/mol. The minimum Gasteiger partial charge on any atom is -0.356 e. The van der Waals surface area contributed by atoms with Crippen LogP contribution < -0.4 is 5.48 Å². The Morgan fingerprint density at radius 1 is 1.21 bits per heavy atom. The number of nitrogens with zero attached hydrogens (tertiary/aromatic N) is 2. The van der Waals surface area contributed by atoms with Gasteiger partial charge in [-0.1, -0.05) is 18.2 Å². The second kappa shape index (κ2) is 4.77. The number of carbonyl (C=O) groups excluding carboxylic acids is 1. The van der Waals surface area contributed by atoms with Crippen molar-refractivity contribution in [3.05, 3.63) is 54.5 Å². The topological polar surface area (TPSA) is 79.9 Å². The van der Waals surface area contributed by atoms with E-state index in [0.29, 0.717) is 5.69 Å². The first kappa shape index (κ1) is 11.2. The van der Waals surface area contributed by atoms with Crippen molar-refractivity contribution in [3.63, 3.8) is 0 Å². The van der Waals surface area contributed by atoms with Crippen LogP contribution in [0.1, 0.15) is 10.5 Å². The predicted molar refractivity (Wildman–Crippen MR) is 69.4 cm³/mol. The van der Waals surface area contributed by atoms with Gasteiger partial charge in [-0.25, -0.2) is 14.8 Å². The van der Waals surface area contributed by atoms with E-state index in [0.717, 1.165) is 10.9 Å². The van der Waals surface area contributed by atoms with Crippen LogP contribution in [0.25, 0.3) is 10.9 Å². The molecule has 0 saturated carbocycles. The van der Waals surface area contributed by atoms with Gasteiger partial charge in [-0.15, -0.1) is 0 Å². The van der Waals surface area contributed by atoms with Crippen LogP contribution in [0, 0.1) is 0 Å². The molecule has 0 unspecified atom stereocenters. The molecular weight excluding hydrogens is 244 g/mol. The van der Waals surface area contributed by atoms with Gasteiger partial charge in [0, 0.05) is 17.8 Å². The Kier molecular flexibility index (Phi) is 2.82. The monoisotopic (exact) mass is 254 g/mol. The molecule has 0 amide bonds. The van der Waals surface area contributed by atoms with Crippen molar-refractivity contribution in [1.29, 1.82) is 0 Å². The maximum atomic E-state index is 11.6. The second-order valence-electron chi connectivity index (χ2n) is 3.83. The molecule has 6 heteroatoms. The van der Waals surface area contributed by atoms with Crippen molar-refractivity contribution >= 4 is 22.8 Å². The van der Waals surface area contributed by atoms with Gasteiger partial charge in [-0.3, -0.25) is 0 Å². The molecule has 3 rings (SSSR count). The molecule has 0 radical (unpaired) electrons. The lowest BCUT2D eigenvalue weighted by Gasteiger charge is -2.04. The molecule has 6 nitrogen and oxygen atoms in total. The van der Waals surface area contributed by atoms with Gasteiger partial charge in [0.05, 0.1) is 5.52 Å². The summed E-state index contributed by atoms with van der Waals surface area (Å²) in [5.41, 5.74) is 3.56. The summed E-state index contributed by atoms with van der Waals surface area (Å²) < 4.78 is 0. The Labute approximate surface area is 108 Å². The van der Waals surface area contributed by atoms with Crippen LogP contribution in [0.4, 0.5) is 5.95 Å². The second-order valence-corrected chi connectivity index (χ2v) is 3.83. The lowest BCUT2D eigenvalue weighted by atomic mass is 10.2. The fraction of sp³-hybridized carbons (Fsp3) is 0. The van der Waals surface area contributed by atoms with E-state index in [1.165, 1.54) is 0 Å². The zero-order valence-corrected chi connectivity index (χ0v) is 9.83. The Bertz CT molecular complexity index is 709. The summed E-state index contributed by atoms with van der Waals surface area (Å²) >= 11 is 0. The standard InChI is InChI=1S/C13H10N4O2/c18-12(11-6-3-7-14-11)19-17-13-15-8-9-4-1-2-5-10(9)16-13/h1-8,14H,(H,15,16,17). The summed E-state index contributed by atoms with van der Waals surface area (Å²) in [4.78, 5) is 27.5. The number of aromatic nitrogens is 3. The number of anilines is 1. The van der Waals surface area contributed by atoms with Crippen LogP contribution in [0.3, 0.4) is 0 Å². The summed E-state index contributed by atoms with van der Waals surface area (Å²) in [5, 5.41) is 0.920. The number of hydrogen-bond donors (Lipinski definition) is 2. The summed E-state index contributed by atoms with van der Waals surface area (Å²) in [6.45, 7) is 0. The first-order valence-electron chi connectivity index (χ1n) is 5.65. The minimum absolute atomic E-state index is 0.235. The highest BCUT2D eigenvalue weighted by atomic mass is 16.7.